The zero-order valence-electron chi connectivity index (χ0n) is 16.2. The van der Waals surface area contributed by atoms with Gasteiger partial charge in [-0.05, 0) is 50.7 Å². The van der Waals surface area contributed by atoms with Crippen LogP contribution in [0.25, 0.3) is 0 Å². The van der Waals surface area contributed by atoms with E-state index >= 15 is 0 Å². The normalized spacial score (nSPS) is 26.0. The third-order valence-electron chi connectivity index (χ3n) is 6.44. The largest absolute Gasteiger partial charge is 0.479 e. The van der Waals surface area contributed by atoms with Gasteiger partial charge in [-0.25, -0.2) is 0 Å². The van der Waals surface area contributed by atoms with Gasteiger partial charge in [-0.1, -0.05) is 31.4 Å². The second-order valence-corrected chi connectivity index (χ2v) is 8.16. The number of carbonyl (C=O) groups is 2. The van der Waals surface area contributed by atoms with E-state index in [0.29, 0.717) is 24.9 Å². The quantitative estimate of drug-likeness (QED) is 0.811. The van der Waals surface area contributed by atoms with Crippen LogP contribution in [0.15, 0.2) is 24.3 Å². The van der Waals surface area contributed by atoms with Gasteiger partial charge in [0.05, 0.1) is 5.69 Å². The zero-order valence-corrected chi connectivity index (χ0v) is 16.2. The Hall–Kier alpha value is -2.04. The fourth-order valence-electron chi connectivity index (χ4n) is 5.05. The van der Waals surface area contributed by atoms with Gasteiger partial charge < -0.3 is 14.5 Å². The summed E-state index contributed by atoms with van der Waals surface area (Å²) in [6.07, 6.45) is 8.62. The molecule has 146 valence electrons. The highest BCUT2D eigenvalue weighted by Crippen LogP contribution is 2.36. The molecule has 1 aromatic carbocycles. The first-order valence-corrected chi connectivity index (χ1v) is 10.5. The van der Waals surface area contributed by atoms with E-state index in [1.807, 2.05) is 24.3 Å². The lowest BCUT2D eigenvalue weighted by atomic mass is 9.83. The van der Waals surface area contributed by atoms with E-state index in [1.165, 1.54) is 32.1 Å². The number of fused-ring (bicyclic) bond motifs is 1. The maximum atomic E-state index is 13.0. The zero-order chi connectivity index (χ0) is 18.8. The molecule has 1 aromatic rings. The minimum Gasteiger partial charge on any atom is -0.479 e. The van der Waals surface area contributed by atoms with Crippen molar-refractivity contribution in [2.75, 3.05) is 18.0 Å². The number of nitrogens with zero attached hydrogens (tertiary/aromatic N) is 2. The topological polar surface area (TPSA) is 49.9 Å². The van der Waals surface area contributed by atoms with E-state index in [9.17, 15) is 9.59 Å². The molecule has 0 N–H and O–H groups in total. The molecule has 2 aliphatic heterocycles. The van der Waals surface area contributed by atoms with Crippen LogP contribution in [0.3, 0.4) is 0 Å². The summed E-state index contributed by atoms with van der Waals surface area (Å²) in [6.45, 7) is 3.08. The number of amides is 2. The third-order valence-corrected chi connectivity index (χ3v) is 6.44. The fraction of sp³-hybridized carbons (Fsp3) is 0.636. The van der Waals surface area contributed by atoms with Gasteiger partial charge in [0.1, 0.15) is 5.75 Å². The summed E-state index contributed by atoms with van der Waals surface area (Å²) in [5.41, 5.74) is 0.777. The van der Waals surface area contributed by atoms with Gasteiger partial charge in [0, 0.05) is 25.6 Å². The summed E-state index contributed by atoms with van der Waals surface area (Å²) in [6, 6.07) is 8.00. The Morgan fingerprint density at radius 2 is 1.89 bits per heavy atom. The molecule has 3 aliphatic rings. The van der Waals surface area contributed by atoms with Crippen LogP contribution >= 0.6 is 0 Å². The van der Waals surface area contributed by atoms with Gasteiger partial charge in [0.25, 0.3) is 5.91 Å². The SMILES string of the molecule is C[C@@H]1Oc2ccccc2N(CCC(=O)N2CCC[C@H]2C2CCCCC2)C1=O. The summed E-state index contributed by atoms with van der Waals surface area (Å²) in [5.74, 6) is 1.54. The van der Waals surface area contributed by atoms with Crippen LogP contribution in [0.2, 0.25) is 0 Å². The number of hydrogen-bond acceptors (Lipinski definition) is 3. The summed E-state index contributed by atoms with van der Waals surface area (Å²) in [7, 11) is 0. The lowest BCUT2D eigenvalue weighted by Crippen LogP contribution is -2.47. The average Bonchev–Trinajstić information content (AvgIpc) is 3.19. The fourth-order valence-corrected chi connectivity index (χ4v) is 5.05. The van der Waals surface area contributed by atoms with Crippen LogP contribution in [0.1, 0.15) is 58.3 Å². The highest BCUT2D eigenvalue weighted by Gasteiger charge is 2.36. The minimum absolute atomic E-state index is 0.0632. The number of rotatable bonds is 4. The van der Waals surface area contributed by atoms with Crippen molar-refractivity contribution >= 4 is 17.5 Å². The lowest BCUT2D eigenvalue weighted by Gasteiger charge is -2.35. The van der Waals surface area contributed by atoms with Gasteiger partial charge in [0.15, 0.2) is 6.10 Å². The van der Waals surface area contributed by atoms with E-state index in [0.717, 1.165) is 30.8 Å². The van der Waals surface area contributed by atoms with Crippen molar-refractivity contribution in [3.8, 4) is 5.75 Å². The number of likely N-dealkylation sites (tertiary alicyclic amines) is 1. The monoisotopic (exact) mass is 370 g/mol. The molecule has 2 atom stereocenters. The van der Waals surface area contributed by atoms with Gasteiger partial charge >= 0.3 is 0 Å². The van der Waals surface area contributed by atoms with Crippen molar-refractivity contribution in [1.82, 2.24) is 4.90 Å². The Bertz CT molecular complexity index is 699. The predicted octanol–water partition coefficient (Wildman–Crippen LogP) is 3.76. The molecule has 1 saturated carbocycles. The second-order valence-electron chi connectivity index (χ2n) is 8.16. The van der Waals surface area contributed by atoms with Gasteiger partial charge in [0.2, 0.25) is 5.91 Å². The standard InChI is InChI=1S/C22H30N2O3/c1-16-22(26)24(19-10-5-6-12-20(19)27-16)15-13-21(25)23-14-7-11-18(23)17-8-3-2-4-9-17/h5-6,10,12,16-18H,2-4,7-9,11,13-15H2,1H3/t16-,18-/m0/s1. The Balaban J connectivity index is 1.42. The summed E-state index contributed by atoms with van der Waals surface area (Å²) in [5, 5.41) is 0. The number of carbonyl (C=O) groups excluding carboxylic acids is 2. The third kappa shape index (κ3) is 3.69. The van der Waals surface area contributed by atoms with Crippen molar-refractivity contribution < 1.29 is 14.3 Å². The average molecular weight is 370 g/mol. The number of hydrogen-bond donors (Lipinski definition) is 0. The van der Waals surface area contributed by atoms with Gasteiger partial charge in [-0.2, -0.15) is 0 Å². The molecule has 0 spiro atoms. The van der Waals surface area contributed by atoms with Crippen LogP contribution < -0.4 is 9.64 Å². The molecular formula is C22H30N2O3. The molecule has 27 heavy (non-hydrogen) atoms. The van der Waals surface area contributed by atoms with Crippen LogP contribution in [0.5, 0.6) is 5.75 Å². The minimum atomic E-state index is -0.503. The molecule has 5 nitrogen and oxygen atoms in total. The Morgan fingerprint density at radius 3 is 2.70 bits per heavy atom. The highest BCUT2D eigenvalue weighted by molar-refractivity contribution is 6.00. The maximum absolute atomic E-state index is 13.0. The van der Waals surface area contributed by atoms with E-state index in [2.05, 4.69) is 4.90 Å². The first-order chi connectivity index (χ1) is 13.1. The van der Waals surface area contributed by atoms with Crippen molar-refractivity contribution in [3.05, 3.63) is 24.3 Å². The van der Waals surface area contributed by atoms with E-state index in [4.69, 9.17) is 4.74 Å². The van der Waals surface area contributed by atoms with Crippen molar-refractivity contribution in [3.63, 3.8) is 0 Å². The summed E-state index contributed by atoms with van der Waals surface area (Å²) in [4.78, 5) is 29.5. The summed E-state index contributed by atoms with van der Waals surface area (Å²) >= 11 is 0. The highest BCUT2D eigenvalue weighted by atomic mass is 16.5. The van der Waals surface area contributed by atoms with Crippen LogP contribution in [-0.2, 0) is 9.59 Å². The summed E-state index contributed by atoms with van der Waals surface area (Å²) < 4.78 is 5.69. The molecule has 1 saturated heterocycles. The molecule has 0 radical (unpaired) electrons. The molecule has 2 heterocycles. The van der Waals surface area contributed by atoms with Crippen LogP contribution in [0.4, 0.5) is 5.69 Å². The maximum Gasteiger partial charge on any atom is 0.267 e. The molecule has 0 bridgehead atoms. The number of anilines is 1. The van der Waals surface area contributed by atoms with Crippen molar-refractivity contribution in [2.45, 2.75) is 70.4 Å². The van der Waals surface area contributed by atoms with E-state index in [1.54, 1.807) is 11.8 Å². The molecule has 5 heteroatoms. The Morgan fingerprint density at radius 1 is 1.11 bits per heavy atom. The second kappa shape index (κ2) is 7.91. The lowest BCUT2D eigenvalue weighted by molar-refractivity contribution is -0.133. The smallest absolute Gasteiger partial charge is 0.267 e. The van der Waals surface area contributed by atoms with Crippen molar-refractivity contribution in [2.24, 2.45) is 5.92 Å². The van der Waals surface area contributed by atoms with E-state index in [-0.39, 0.29) is 11.8 Å². The molecule has 4 rings (SSSR count). The van der Waals surface area contributed by atoms with E-state index < -0.39 is 6.10 Å². The first kappa shape index (κ1) is 18.3. The molecule has 2 amide bonds. The van der Waals surface area contributed by atoms with Gasteiger partial charge in [-0.3, -0.25) is 9.59 Å². The Kier molecular flexibility index (Phi) is 5.37. The molecule has 1 aliphatic carbocycles. The van der Waals surface area contributed by atoms with Crippen LogP contribution in [0, 0.1) is 5.92 Å². The number of para-hydroxylation sites is 2. The number of ether oxygens (including phenoxy) is 1. The number of benzene rings is 1. The Labute approximate surface area is 161 Å². The molecule has 0 unspecified atom stereocenters. The predicted molar refractivity (Wildman–Crippen MR) is 105 cm³/mol. The molecule has 0 aromatic heterocycles. The van der Waals surface area contributed by atoms with Gasteiger partial charge in [-0.15, -0.1) is 0 Å². The molecular weight excluding hydrogens is 340 g/mol. The van der Waals surface area contributed by atoms with Crippen molar-refractivity contribution in [1.29, 1.82) is 0 Å². The first-order valence-electron chi connectivity index (χ1n) is 10.5. The molecule has 2 fully saturated rings. The van der Waals surface area contributed by atoms with Crippen LogP contribution in [-0.4, -0.2) is 41.9 Å².